The lowest BCUT2D eigenvalue weighted by atomic mass is 9.84. The third kappa shape index (κ3) is 2.52. The molecule has 0 radical (unpaired) electrons. The number of nitrogens with one attached hydrogen (secondary N) is 1. The van der Waals surface area contributed by atoms with Gasteiger partial charge in [0.25, 0.3) is 0 Å². The molecule has 2 fully saturated rings. The molecular weight excluding hydrogens is 263 g/mol. The van der Waals surface area contributed by atoms with E-state index in [9.17, 15) is 13.2 Å². The van der Waals surface area contributed by atoms with E-state index in [1.807, 2.05) is 6.92 Å². The molecule has 2 aliphatic rings. The van der Waals surface area contributed by atoms with Crippen molar-refractivity contribution in [1.82, 2.24) is 0 Å². The van der Waals surface area contributed by atoms with Gasteiger partial charge >= 0.3 is 6.18 Å². The highest BCUT2D eigenvalue weighted by Gasteiger charge is 2.42. The molecule has 1 N–H and O–H groups in total. The monoisotopic (exact) mass is 283 g/mol. The molecule has 0 aliphatic heterocycles. The molecule has 2 bridgehead atoms. The van der Waals surface area contributed by atoms with Crippen LogP contribution in [-0.4, -0.2) is 6.04 Å². The van der Waals surface area contributed by atoms with Crippen LogP contribution in [0.5, 0.6) is 0 Å². The lowest BCUT2D eigenvalue weighted by Crippen LogP contribution is -2.30. The number of hydrogen-bond acceptors (Lipinski definition) is 1. The van der Waals surface area contributed by atoms with Crippen LogP contribution in [0.25, 0.3) is 0 Å². The van der Waals surface area contributed by atoms with Crippen LogP contribution in [0.3, 0.4) is 0 Å². The van der Waals surface area contributed by atoms with Crippen LogP contribution in [0.1, 0.15) is 38.2 Å². The van der Waals surface area contributed by atoms with E-state index in [4.69, 9.17) is 0 Å². The minimum atomic E-state index is -4.29. The first-order valence-electron chi connectivity index (χ1n) is 7.38. The second-order valence-electron chi connectivity index (χ2n) is 6.32. The molecule has 4 heteroatoms. The first kappa shape index (κ1) is 13.8. The van der Waals surface area contributed by atoms with E-state index in [1.54, 1.807) is 6.07 Å². The summed E-state index contributed by atoms with van der Waals surface area (Å²) in [5, 5.41) is 3.12. The van der Waals surface area contributed by atoms with E-state index in [2.05, 4.69) is 5.32 Å². The zero-order valence-electron chi connectivity index (χ0n) is 11.6. The Bertz CT molecular complexity index is 483. The quantitative estimate of drug-likeness (QED) is 0.828. The number of anilines is 1. The minimum absolute atomic E-state index is 0.105. The Morgan fingerprint density at radius 2 is 1.90 bits per heavy atom. The largest absolute Gasteiger partial charge is 0.418 e. The van der Waals surface area contributed by atoms with E-state index in [-0.39, 0.29) is 11.7 Å². The fourth-order valence-electron chi connectivity index (χ4n) is 4.11. The topological polar surface area (TPSA) is 12.0 Å². The molecule has 20 heavy (non-hydrogen) atoms. The molecule has 0 spiro atoms. The Morgan fingerprint density at radius 1 is 1.15 bits per heavy atom. The summed E-state index contributed by atoms with van der Waals surface area (Å²) in [7, 11) is 0. The maximum Gasteiger partial charge on any atom is 0.418 e. The number of para-hydroxylation sites is 1. The van der Waals surface area contributed by atoms with Crippen LogP contribution < -0.4 is 5.32 Å². The van der Waals surface area contributed by atoms with Crippen molar-refractivity contribution in [2.45, 2.75) is 44.8 Å². The van der Waals surface area contributed by atoms with Gasteiger partial charge in [0.1, 0.15) is 0 Å². The predicted molar refractivity (Wildman–Crippen MR) is 73.5 cm³/mol. The summed E-state index contributed by atoms with van der Waals surface area (Å²) in [5.74, 6) is 2.04. The van der Waals surface area contributed by atoms with Crippen LogP contribution >= 0.6 is 0 Å². The zero-order valence-corrected chi connectivity index (χ0v) is 11.6. The first-order chi connectivity index (χ1) is 9.45. The maximum absolute atomic E-state index is 13.0. The summed E-state index contributed by atoms with van der Waals surface area (Å²) < 4.78 is 39.0. The highest BCUT2D eigenvalue weighted by Crippen LogP contribution is 2.50. The Morgan fingerprint density at radius 3 is 2.50 bits per heavy atom. The van der Waals surface area contributed by atoms with E-state index in [0.29, 0.717) is 11.8 Å². The number of halogens is 3. The van der Waals surface area contributed by atoms with Crippen molar-refractivity contribution in [2.75, 3.05) is 5.32 Å². The lowest BCUT2D eigenvalue weighted by molar-refractivity contribution is -0.137. The molecular formula is C16H20F3N. The third-order valence-electron chi connectivity index (χ3n) is 5.05. The maximum atomic E-state index is 13.0. The van der Waals surface area contributed by atoms with Crippen LogP contribution in [0, 0.1) is 17.8 Å². The van der Waals surface area contributed by atoms with Gasteiger partial charge in [0, 0.05) is 11.7 Å². The smallest absolute Gasteiger partial charge is 0.382 e. The molecule has 2 aliphatic carbocycles. The van der Waals surface area contributed by atoms with E-state index < -0.39 is 11.7 Å². The number of benzene rings is 1. The third-order valence-corrected chi connectivity index (χ3v) is 5.05. The van der Waals surface area contributed by atoms with Gasteiger partial charge in [-0.15, -0.1) is 0 Å². The van der Waals surface area contributed by atoms with Gasteiger partial charge in [-0.25, -0.2) is 0 Å². The molecule has 4 atom stereocenters. The molecule has 0 saturated heterocycles. The van der Waals surface area contributed by atoms with Gasteiger partial charge in [0.2, 0.25) is 0 Å². The summed E-state index contributed by atoms with van der Waals surface area (Å²) >= 11 is 0. The number of alkyl halides is 3. The van der Waals surface area contributed by atoms with Crippen LogP contribution in [-0.2, 0) is 6.18 Å². The molecule has 0 amide bonds. The molecule has 2 saturated carbocycles. The fourth-order valence-corrected chi connectivity index (χ4v) is 4.11. The summed E-state index contributed by atoms with van der Waals surface area (Å²) in [4.78, 5) is 0. The SMILES string of the molecule is CC(Nc1ccccc1C(F)(F)F)C1CC2CCC1C2. The average Bonchev–Trinajstić information content (AvgIpc) is 3.00. The fraction of sp³-hybridized carbons (Fsp3) is 0.625. The van der Waals surface area contributed by atoms with Gasteiger partial charge in [-0.2, -0.15) is 13.2 Å². The summed E-state index contributed by atoms with van der Waals surface area (Å²) in [6, 6.07) is 5.89. The molecule has 1 aromatic carbocycles. The van der Waals surface area contributed by atoms with Crippen molar-refractivity contribution in [3.63, 3.8) is 0 Å². The van der Waals surface area contributed by atoms with Crippen molar-refractivity contribution in [3.8, 4) is 0 Å². The van der Waals surface area contributed by atoms with Gasteiger partial charge in [-0.05, 0) is 56.1 Å². The number of hydrogen-bond donors (Lipinski definition) is 1. The lowest BCUT2D eigenvalue weighted by Gasteiger charge is -2.30. The number of fused-ring (bicyclic) bond motifs is 2. The van der Waals surface area contributed by atoms with Crippen LogP contribution in [0.2, 0.25) is 0 Å². The van der Waals surface area contributed by atoms with Crippen LogP contribution in [0.4, 0.5) is 18.9 Å². The highest BCUT2D eigenvalue weighted by atomic mass is 19.4. The van der Waals surface area contributed by atoms with Crippen molar-refractivity contribution in [2.24, 2.45) is 17.8 Å². The number of rotatable bonds is 3. The van der Waals surface area contributed by atoms with Gasteiger partial charge in [-0.1, -0.05) is 18.6 Å². The first-order valence-corrected chi connectivity index (χ1v) is 7.38. The minimum Gasteiger partial charge on any atom is -0.382 e. The van der Waals surface area contributed by atoms with Gasteiger partial charge in [0.15, 0.2) is 0 Å². The average molecular weight is 283 g/mol. The van der Waals surface area contributed by atoms with Crippen LogP contribution in [0.15, 0.2) is 24.3 Å². The Kier molecular flexibility index (Phi) is 3.43. The molecule has 0 aromatic heterocycles. The van der Waals surface area contributed by atoms with Gasteiger partial charge < -0.3 is 5.32 Å². The van der Waals surface area contributed by atoms with Crippen molar-refractivity contribution >= 4 is 5.69 Å². The standard InChI is InChI=1S/C16H20F3N/c1-10(13-9-11-6-7-12(13)8-11)20-15-5-3-2-4-14(15)16(17,18)19/h2-5,10-13,20H,6-9H2,1H3. The second kappa shape index (κ2) is 4.97. The van der Waals surface area contributed by atoms with Crippen molar-refractivity contribution in [1.29, 1.82) is 0 Å². The Labute approximate surface area is 117 Å². The summed E-state index contributed by atoms with van der Waals surface area (Å²) in [6.45, 7) is 2.03. The Hall–Kier alpha value is -1.19. The Balaban J connectivity index is 1.75. The zero-order chi connectivity index (χ0) is 14.3. The summed E-state index contributed by atoms with van der Waals surface area (Å²) in [5.41, 5.74) is -0.342. The molecule has 110 valence electrons. The molecule has 4 unspecified atom stereocenters. The highest BCUT2D eigenvalue weighted by molar-refractivity contribution is 5.53. The molecule has 1 aromatic rings. The van der Waals surface area contributed by atoms with Gasteiger partial charge in [-0.3, -0.25) is 0 Å². The van der Waals surface area contributed by atoms with Crippen molar-refractivity contribution < 1.29 is 13.2 Å². The molecule has 0 heterocycles. The second-order valence-corrected chi connectivity index (χ2v) is 6.32. The molecule has 3 rings (SSSR count). The van der Waals surface area contributed by atoms with E-state index >= 15 is 0 Å². The van der Waals surface area contributed by atoms with E-state index in [1.165, 1.54) is 37.8 Å². The van der Waals surface area contributed by atoms with Crippen molar-refractivity contribution in [3.05, 3.63) is 29.8 Å². The molecule has 1 nitrogen and oxygen atoms in total. The van der Waals surface area contributed by atoms with Gasteiger partial charge in [0.05, 0.1) is 5.56 Å². The van der Waals surface area contributed by atoms with E-state index in [0.717, 1.165) is 12.0 Å². The predicted octanol–water partition coefficient (Wildman–Crippen LogP) is 4.94. The summed E-state index contributed by atoms with van der Waals surface area (Å²) in [6.07, 6.45) is 0.720. The normalized spacial score (nSPS) is 30.5.